The van der Waals surface area contributed by atoms with E-state index in [0.29, 0.717) is 45.8 Å². The summed E-state index contributed by atoms with van der Waals surface area (Å²) < 4.78 is 0. The summed E-state index contributed by atoms with van der Waals surface area (Å²) in [6, 6.07) is 92.6. The molecule has 0 spiro atoms. The molecule has 0 atom stereocenters. The van der Waals surface area contributed by atoms with Gasteiger partial charge in [-0.1, -0.05) is 109 Å². The number of anilines is 12. The lowest BCUT2D eigenvalue weighted by molar-refractivity contribution is 1.14. The van der Waals surface area contributed by atoms with Crippen LogP contribution in [-0.2, 0) is 0 Å². The van der Waals surface area contributed by atoms with Crippen molar-refractivity contribution in [1.82, 2.24) is 39.9 Å². The van der Waals surface area contributed by atoms with Crippen molar-refractivity contribution < 1.29 is 0 Å². The Bertz CT molecular complexity index is 4360. The molecule has 0 radical (unpaired) electrons. The number of benzene rings is 8. The lowest BCUT2D eigenvalue weighted by atomic mass is 9.90. The Balaban J connectivity index is 0.979. The Morgan fingerprint density at radius 2 is 0.545 bits per heavy atom. The molecule has 12 nitrogen and oxygen atoms in total. The Labute approximate surface area is 508 Å². The predicted octanol–water partition coefficient (Wildman–Crippen LogP) is 19.0. The van der Waals surface area contributed by atoms with Gasteiger partial charge >= 0.3 is 0 Å². The van der Waals surface area contributed by atoms with Crippen molar-refractivity contribution in [3.8, 4) is 79.2 Å². The van der Waals surface area contributed by atoms with Gasteiger partial charge in [-0.2, -0.15) is 0 Å². The summed E-state index contributed by atoms with van der Waals surface area (Å²) >= 11 is 0. The Hall–Kier alpha value is -12.3. The molecule has 0 aliphatic carbocycles. The van der Waals surface area contributed by atoms with Crippen LogP contribution in [0.2, 0.25) is 0 Å². The van der Waals surface area contributed by atoms with Gasteiger partial charge in [0, 0.05) is 82.2 Å². The molecular weight excluding hydrogens is 1080 g/mol. The summed E-state index contributed by atoms with van der Waals surface area (Å²) in [5.74, 6) is 0.944. The molecular formula is C76H50N12. The zero-order valence-corrected chi connectivity index (χ0v) is 47.2. The zero-order chi connectivity index (χ0) is 58.3. The molecule has 88 heavy (non-hydrogen) atoms. The van der Waals surface area contributed by atoms with Crippen molar-refractivity contribution in [1.29, 1.82) is 0 Å². The minimum atomic E-state index is 0.472. The summed E-state index contributed by atoms with van der Waals surface area (Å²) in [6.45, 7) is 0. The second-order valence-electron chi connectivity index (χ2n) is 21.3. The average molecular weight is 1130 g/mol. The van der Waals surface area contributed by atoms with Gasteiger partial charge in [0.2, 0.25) is 0 Å². The van der Waals surface area contributed by atoms with E-state index in [1.165, 1.54) is 0 Å². The normalized spacial score (nSPS) is 12.2. The van der Waals surface area contributed by atoms with Crippen LogP contribution in [0.25, 0.3) is 79.2 Å². The number of fused-ring (bicyclic) bond motifs is 4. The molecule has 414 valence electrons. The van der Waals surface area contributed by atoms with E-state index in [9.17, 15) is 0 Å². The summed E-state index contributed by atoms with van der Waals surface area (Å²) in [5, 5.41) is 0. The third kappa shape index (κ3) is 9.21. The number of hydrogen-bond acceptors (Lipinski definition) is 12. The van der Waals surface area contributed by atoms with Crippen LogP contribution in [0.1, 0.15) is 0 Å². The van der Waals surface area contributed by atoms with Crippen molar-refractivity contribution in [3.63, 3.8) is 0 Å². The van der Waals surface area contributed by atoms with Crippen molar-refractivity contribution in [3.05, 3.63) is 304 Å². The molecule has 2 aliphatic rings. The van der Waals surface area contributed by atoms with E-state index in [4.69, 9.17) is 29.9 Å². The highest BCUT2D eigenvalue weighted by Gasteiger charge is 2.33. The minimum absolute atomic E-state index is 0.472. The molecule has 0 amide bonds. The topological polar surface area (TPSA) is 116 Å². The summed E-state index contributed by atoms with van der Waals surface area (Å²) in [6.07, 6.45) is 10.8. The van der Waals surface area contributed by atoms with E-state index < -0.39 is 0 Å². The third-order valence-electron chi connectivity index (χ3n) is 16.0. The number of rotatable bonds is 11. The number of hydrogen-bond donors (Lipinski definition) is 0. The minimum Gasteiger partial charge on any atom is -0.306 e. The summed E-state index contributed by atoms with van der Waals surface area (Å²) in [7, 11) is 0. The molecule has 0 saturated carbocycles. The quantitative estimate of drug-likeness (QED) is 0.123. The van der Waals surface area contributed by atoms with Gasteiger partial charge in [-0.15, -0.1) is 0 Å². The van der Waals surface area contributed by atoms with Crippen LogP contribution in [0.5, 0.6) is 0 Å². The Morgan fingerprint density at radius 1 is 0.216 bits per heavy atom. The van der Waals surface area contributed by atoms with E-state index in [-0.39, 0.29) is 0 Å². The first-order chi connectivity index (χ1) is 43.7. The van der Waals surface area contributed by atoms with Crippen LogP contribution in [0.3, 0.4) is 0 Å². The van der Waals surface area contributed by atoms with Gasteiger partial charge in [0.25, 0.3) is 0 Å². The Kier molecular flexibility index (Phi) is 12.9. The summed E-state index contributed by atoms with van der Waals surface area (Å²) in [4.78, 5) is 49.6. The summed E-state index contributed by atoms with van der Waals surface area (Å²) in [5.41, 5.74) is 21.4. The highest BCUT2D eigenvalue weighted by Crippen LogP contribution is 2.57. The Morgan fingerprint density at radius 3 is 0.875 bits per heavy atom. The lowest BCUT2D eigenvalue weighted by Gasteiger charge is -2.40. The molecule has 6 aromatic heterocycles. The molecule has 2 aliphatic heterocycles. The van der Waals surface area contributed by atoms with Crippen molar-refractivity contribution in [2.75, 3.05) is 19.6 Å². The van der Waals surface area contributed by atoms with E-state index in [2.05, 4.69) is 236 Å². The average Bonchev–Trinajstić information content (AvgIpc) is 0.868. The van der Waals surface area contributed by atoms with Gasteiger partial charge in [-0.05, 0) is 169 Å². The van der Waals surface area contributed by atoms with E-state index in [1.54, 1.807) is 24.8 Å². The maximum atomic E-state index is 5.52. The largest absolute Gasteiger partial charge is 0.306 e. The monoisotopic (exact) mass is 1130 g/mol. The van der Waals surface area contributed by atoms with Crippen molar-refractivity contribution in [2.24, 2.45) is 0 Å². The molecule has 12 heteroatoms. The van der Waals surface area contributed by atoms with Gasteiger partial charge in [-0.3, -0.25) is 19.9 Å². The van der Waals surface area contributed by atoms with Crippen molar-refractivity contribution in [2.45, 2.75) is 0 Å². The number of aromatic nitrogens is 8. The SMILES string of the molecule is c1ccc(N2c3ccccc3N(c3ccc(-c4ccc(N5c6ccccc6N(c6ccccc6)c6ccccc65)cc4-c4cc(-c5cccnc5)nc(-c5ccccn5)n4)c(-c4cc(-c5cccnc5)nc(-c5ccccn5)n4)c3)c3ccccc32)cc1. The van der Waals surface area contributed by atoms with Gasteiger partial charge < -0.3 is 19.6 Å². The fourth-order valence-corrected chi connectivity index (χ4v) is 12.1. The second-order valence-corrected chi connectivity index (χ2v) is 21.3. The van der Waals surface area contributed by atoms with Crippen LogP contribution < -0.4 is 19.6 Å². The van der Waals surface area contributed by atoms with Crippen LogP contribution in [0, 0.1) is 0 Å². The third-order valence-corrected chi connectivity index (χ3v) is 16.0. The van der Waals surface area contributed by atoms with Crippen LogP contribution in [0.4, 0.5) is 68.2 Å². The number of nitrogens with zero attached hydrogens (tertiary/aromatic N) is 12. The van der Waals surface area contributed by atoms with E-state index >= 15 is 0 Å². The molecule has 0 fully saturated rings. The highest BCUT2D eigenvalue weighted by atomic mass is 15.3. The van der Waals surface area contributed by atoms with Crippen LogP contribution in [-0.4, -0.2) is 39.9 Å². The van der Waals surface area contributed by atoms with Gasteiger partial charge in [0.15, 0.2) is 11.6 Å². The first-order valence-electron chi connectivity index (χ1n) is 29.0. The molecule has 14 aromatic rings. The molecule has 0 saturated heterocycles. The molecule has 8 heterocycles. The first kappa shape index (κ1) is 51.4. The zero-order valence-electron chi connectivity index (χ0n) is 47.2. The predicted molar refractivity (Wildman–Crippen MR) is 353 cm³/mol. The molecule has 0 bridgehead atoms. The smallest absolute Gasteiger partial charge is 0.179 e. The van der Waals surface area contributed by atoms with E-state index in [1.807, 2.05) is 73.1 Å². The fourth-order valence-electron chi connectivity index (χ4n) is 12.1. The van der Waals surface area contributed by atoms with Gasteiger partial charge in [-0.25, -0.2) is 19.9 Å². The van der Waals surface area contributed by atoms with Crippen LogP contribution >= 0.6 is 0 Å². The molecule has 16 rings (SSSR count). The molecule has 0 N–H and O–H groups in total. The standard InChI is InChI=1S/C76H50N12/c1-3-23-53(24-4-1)85-67-29-7-11-33-71(67)87(72-34-12-8-30-68(72)85)55-37-39-57(59(45-55)65-47-63(51-21-19-41-77-49-51)81-75(83-65)61-27-15-17-43-79-61)58-40-38-56(46-60(58)66-48-64(52-22-20-42-78-50-52)82-76(84-66)62-28-16-18-44-80-62)88-73-35-13-9-31-69(73)86(54-25-5-2-6-26-54)70-32-10-14-36-74(70)88/h1-50H. The molecule has 8 aromatic carbocycles. The molecule has 0 unspecified atom stereocenters. The van der Waals surface area contributed by atoms with Gasteiger partial charge in [0.05, 0.1) is 68.3 Å². The highest BCUT2D eigenvalue weighted by molar-refractivity contribution is 6.05. The maximum absolute atomic E-state index is 5.52. The number of para-hydroxylation sites is 10. The lowest BCUT2D eigenvalue weighted by Crippen LogP contribution is -2.24. The van der Waals surface area contributed by atoms with Gasteiger partial charge in [0.1, 0.15) is 11.4 Å². The maximum Gasteiger partial charge on any atom is 0.179 e. The second kappa shape index (κ2) is 22.0. The number of pyridine rings is 4. The van der Waals surface area contributed by atoms with Crippen LogP contribution in [0.15, 0.2) is 304 Å². The fraction of sp³-hybridized carbons (Fsp3) is 0. The van der Waals surface area contributed by atoms with Crippen molar-refractivity contribution >= 4 is 68.2 Å². The first-order valence-corrected chi connectivity index (χ1v) is 29.0. The van der Waals surface area contributed by atoms with E-state index in [0.717, 1.165) is 102 Å².